The molecule has 11 nitrogen and oxygen atoms in total. The number of Topliss-reactive ketones (excluding diaryl/α,β-unsaturated/α-hetero) is 1. The first kappa shape index (κ1) is 23.1. The zero-order valence-corrected chi connectivity index (χ0v) is 20.9. The van der Waals surface area contributed by atoms with Crippen molar-refractivity contribution >= 4 is 22.6 Å². The van der Waals surface area contributed by atoms with Crippen LogP contribution in [0.15, 0.2) is 66.7 Å². The molecule has 1 amide bonds. The van der Waals surface area contributed by atoms with Gasteiger partial charge in [0.15, 0.2) is 5.78 Å². The summed E-state index contributed by atoms with van der Waals surface area (Å²) in [6.07, 6.45) is 1.38. The van der Waals surface area contributed by atoms with Crippen LogP contribution in [0.3, 0.4) is 0 Å². The fraction of sp³-hybridized carbons (Fsp3) is 0.214. The minimum absolute atomic E-state index is 0.0113. The number of aromatic nitrogens is 6. The Morgan fingerprint density at radius 3 is 2.59 bits per heavy atom. The van der Waals surface area contributed by atoms with Crippen molar-refractivity contribution in [2.24, 2.45) is 0 Å². The van der Waals surface area contributed by atoms with Gasteiger partial charge in [-0.15, -0.1) is 10.2 Å². The van der Waals surface area contributed by atoms with E-state index in [1.165, 1.54) is 4.79 Å². The van der Waals surface area contributed by atoms with Gasteiger partial charge in [0.2, 0.25) is 5.82 Å². The number of nitrogens with two attached hydrogens (primary N) is 1. The van der Waals surface area contributed by atoms with Crippen molar-refractivity contribution in [1.29, 1.82) is 0 Å². The van der Waals surface area contributed by atoms with E-state index in [1.807, 2.05) is 53.4 Å². The molecule has 0 aliphatic carbocycles. The summed E-state index contributed by atoms with van der Waals surface area (Å²) in [5, 5.41) is 19.3. The first-order valence-corrected chi connectivity index (χ1v) is 12.7. The van der Waals surface area contributed by atoms with Crippen molar-refractivity contribution in [2.45, 2.75) is 24.9 Å². The number of ketones is 1. The van der Waals surface area contributed by atoms with Crippen LogP contribution in [0.5, 0.6) is 5.75 Å². The number of hydrogen-bond acceptors (Lipinski definition) is 8. The van der Waals surface area contributed by atoms with Gasteiger partial charge in [0.1, 0.15) is 17.0 Å². The molecule has 1 fully saturated rings. The molecule has 2 aliphatic rings. The molecule has 5 aromatic rings. The lowest BCUT2D eigenvalue weighted by Crippen LogP contribution is -2.52. The Bertz CT molecular complexity index is 1720. The number of carbonyl (C=O) groups excluding carboxylic acids is 2. The summed E-state index contributed by atoms with van der Waals surface area (Å²) in [5.41, 5.74) is 3.55. The van der Waals surface area contributed by atoms with Crippen molar-refractivity contribution in [3.63, 3.8) is 0 Å². The second-order valence-electron chi connectivity index (χ2n) is 10.0. The Labute approximate surface area is 222 Å². The molecule has 0 atom stereocenters. The van der Waals surface area contributed by atoms with Gasteiger partial charge >= 0.3 is 0 Å². The van der Waals surface area contributed by atoms with Gasteiger partial charge < -0.3 is 15.5 Å². The quantitative estimate of drug-likeness (QED) is 0.345. The van der Waals surface area contributed by atoms with E-state index in [9.17, 15) is 9.59 Å². The zero-order chi connectivity index (χ0) is 26.6. The summed E-state index contributed by atoms with van der Waals surface area (Å²) in [6, 6.07) is 20.7. The minimum atomic E-state index is -0.626. The fourth-order valence-corrected chi connectivity index (χ4v) is 5.58. The number of nitrogens with zero attached hydrogens (tertiary/aromatic N) is 6. The topological polar surface area (TPSA) is 145 Å². The molecule has 1 spiro atoms. The Kier molecular flexibility index (Phi) is 5.18. The van der Waals surface area contributed by atoms with Gasteiger partial charge in [-0.05, 0) is 41.6 Å². The lowest BCUT2D eigenvalue weighted by Gasteiger charge is -2.44. The largest absolute Gasteiger partial charge is 0.486 e. The molecule has 0 bridgehead atoms. The second-order valence-corrected chi connectivity index (χ2v) is 10.0. The highest BCUT2D eigenvalue weighted by Crippen LogP contribution is 2.40. The number of benzene rings is 3. The number of ether oxygens (including phenoxy) is 1. The van der Waals surface area contributed by atoms with Crippen molar-refractivity contribution < 1.29 is 14.3 Å². The zero-order valence-electron chi connectivity index (χ0n) is 20.9. The molecule has 11 heteroatoms. The number of carbonyl (C=O) groups is 2. The van der Waals surface area contributed by atoms with Crippen molar-refractivity contribution in [1.82, 2.24) is 35.4 Å². The maximum absolute atomic E-state index is 13.4. The molecule has 194 valence electrons. The van der Waals surface area contributed by atoms with Crippen LogP contribution in [0.4, 0.5) is 0 Å². The lowest BCUT2D eigenvalue weighted by atomic mass is 9.82. The Balaban J connectivity index is 1.08. The van der Waals surface area contributed by atoms with Crippen LogP contribution in [-0.2, 0) is 0 Å². The first-order chi connectivity index (χ1) is 19.0. The Morgan fingerprint density at radius 2 is 1.82 bits per heavy atom. The maximum Gasteiger partial charge on any atom is 0.253 e. The van der Waals surface area contributed by atoms with Crippen molar-refractivity contribution in [2.75, 3.05) is 18.9 Å². The molecule has 1 saturated heterocycles. The summed E-state index contributed by atoms with van der Waals surface area (Å²) >= 11 is 0. The number of tetrazole rings is 1. The van der Waals surface area contributed by atoms with Crippen LogP contribution in [0.1, 0.15) is 40.0 Å². The van der Waals surface area contributed by atoms with E-state index >= 15 is 0 Å². The molecule has 3 N–H and O–H groups in total. The molecule has 2 aliphatic heterocycles. The van der Waals surface area contributed by atoms with Crippen LogP contribution in [0, 0.1) is 0 Å². The van der Waals surface area contributed by atoms with Gasteiger partial charge in [-0.2, -0.15) is 15.1 Å². The van der Waals surface area contributed by atoms with Crippen molar-refractivity contribution in [3.8, 4) is 28.4 Å². The predicted molar refractivity (Wildman–Crippen MR) is 142 cm³/mol. The van der Waals surface area contributed by atoms with E-state index in [-0.39, 0.29) is 18.1 Å². The third-order valence-electron chi connectivity index (χ3n) is 7.66. The van der Waals surface area contributed by atoms with E-state index in [1.54, 1.807) is 18.2 Å². The molecule has 2 aromatic heterocycles. The number of H-pyrrole nitrogens is 1. The third kappa shape index (κ3) is 3.90. The summed E-state index contributed by atoms with van der Waals surface area (Å²) in [6.45, 7) is 0.967. The van der Waals surface area contributed by atoms with Gasteiger partial charge in [-0.1, -0.05) is 30.3 Å². The van der Waals surface area contributed by atoms with Gasteiger partial charge in [0, 0.05) is 48.0 Å². The van der Waals surface area contributed by atoms with Gasteiger partial charge in [0.05, 0.1) is 17.5 Å². The van der Waals surface area contributed by atoms with E-state index in [0.29, 0.717) is 59.7 Å². The van der Waals surface area contributed by atoms with Crippen LogP contribution >= 0.6 is 0 Å². The minimum Gasteiger partial charge on any atom is -0.486 e. The normalized spacial score (nSPS) is 16.3. The van der Waals surface area contributed by atoms with Gasteiger partial charge in [-0.3, -0.25) is 9.59 Å². The van der Waals surface area contributed by atoms with Crippen LogP contribution in [0.2, 0.25) is 0 Å². The highest BCUT2D eigenvalue weighted by Gasteiger charge is 2.44. The molecule has 39 heavy (non-hydrogen) atoms. The number of hydrogen-bond donors (Lipinski definition) is 2. The smallest absolute Gasteiger partial charge is 0.253 e. The Hall–Kier alpha value is -5.06. The summed E-state index contributed by atoms with van der Waals surface area (Å²) in [5.74, 6) is 7.07. The SMILES string of the molecule is Nn1nc(-c2ccccc2)c2ccc(C(=O)N3CCC4(CC3)CC(=O)c3cc(-c5nn[nH]n5)ccc3O4)cc21. The number of piperidine rings is 1. The van der Waals surface area contributed by atoms with E-state index in [0.717, 1.165) is 16.6 Å². The summed E-state index contributed by atoms with van der Waals surface area (Å²) in [7, 11) is 0. The molecule has 0 saturated carbocycles. The van der Waals surface area contributed by atoms with Crippen LogP contribution in [-0.4, -0.2) is 65.8 Å². The lowest BCUT2D eigenvalue weighted by molar-refractivity contribution is -0.00569. The van der Waals surface area contributed by atoms with E-state index in [2.05, 4.69) is 25.7 Å². The predicted octanol–water partition coefficient (Wildman–Crippen LogP) is 3.24. The van der Waals surface area contributed by atoms with Gasteiger partial charge in [0.25, 0.3) is 5.91 Å². The van der Waals surface area contributed by atoms with Crippen molar-refractivity contribution in [3.05, 3.63) is 77.9 Å². The molecule has 0 radical (unpaired) electrons. The highest BCUT2D eigenvalue weighted by molar-refractivity contribution is 6.02. The molecular formula is C28H24N8O3. The standard InChI is InChI=1S/C28H24N8O3/c29-36-22-15-19(6-8-20(22)25(32-36)17-4-2-1-3-5-17)27(38)35-12-10-28(11-13-35)16-23(37)21-14-18(7-9-24(21)39-28)26-30-33-34-31-26/h1-9,14-15H,10-13,16,29H2,(H,30,31,33,34). The molecule has 3 aromatic carbocycles. The van der Waals surface area contributed by atoms with Gasteiger partial charge in [-0.25, -0.2) is 0 Å². The molecule has 7 rings (SSSR count). The molecule has 4 heterocycles. The van der Waals surface area contributed by atoms with E-state index < -0.39 is 5.60 Å². The Morgan fingerprint density at radius 1 is 1.00 bits per heavy atom. The number of likely N-dealkylation sites (tertiary alicyclic amines) is 1. The summed E-state index contributed by atoms with van der Waals surface area (Å²) < 4.78 is 6.40. The monoisotopic (exact) mass is 520 g/mol. The molecular weight excluding hydrogens is 496 g/mol. The third-order valence-corrected chi connectivity index (χ3v) is 7.66. The number of aromatic amines is 1. The summed E-state index contributed by atoms with van der Waals surface area (Å²) in [4.78, 5) is 29.7. The van der Waals surface area contributed by atoms with E-state index in [4.69, 9.17) is 10.6 Å². The fourth-order valence-electron chi connectivity index (χ4n) is 5.58. The first-order valence-electron chi connectivity index (χ1n) is 12.7. The van der Waals surface area contributed by atoms with Crippen LogP contribution < -0.4 is 10.6 Å². The highest BCUT2D eigenvalue weighted by atomic mass is 16.5. The van der Waals surface area contributed by atoms with Crippen LogP contribution in [0.25, 0.3) is 33.5 Å². The number of amides is 1. The molecule has 0 unspecified atom stereocenters. The average Bonchev–Trinajstić information content (AvgIpc) is 3.62. The number of fused-ring (bicyclic) bond motifs is 2. The number of nitrogen functional groups attached to an aromatic ring is 1. The number of nitrogens with one attached hydrogen (secondary N) is 1. The average molecular weight is 521 g/mol. The maximum atomic E-state index is 13.4. The second kappa shape index (κ2) is 8.76. The number of rotatable bonds is 3.